The number of nitrogens with one attached hydrogen (secondary N) is 1. The topological polar surface area (TPSA) is 41.6 Å². The van der Waals surface area contributed by atoms with Crippen molar-refractivity contribution in [2.24, 2.45) is 0 Å². The van der Waals surface area contributed by atoms with Crippen molar-refractivity contribution in [3.05, 3.63) is 67.8 Å². The summed E-state index contributed by atoms with van der Waals surface area (Å²) in [6.45, 7) is 30.8. The standard InChI is InChI=1S/C20H30N2O2.C4H8.C3H8.2C2H4/c1-5-22(15-8-6-7-9-15)19(23)14-10-11-18-16(12-14)17(21-4)13-20(2,3)24-18;1-4(2)3;1-3-2;2*1-2/h10-12,15,17,21H,5-9,13H2,1-4H3;1H2,2-3H3;3H2,1-2H3;2*1-2H2/t17-;;;;/m0..../s1. The molecular weight excluding hydrogens is 432 g/mol. The fourth-order valence-corrected chi connectivity index (χ4v) is 4.19. The number of nitrogens with zero attached hydrogens (tertiary/aromatic N) is 1. The van der Waals surface area contributed by atoms with Gasteiger partial charge in [0, 0.05) is 36.2 Å². The van der Waals surface area contributed by atoms with Gasteiger partial charge >= 0.3 is 0 Å². The molecule has 1 fully saturated rings. The minimum Gasteiger partial charge on any atom is -0.487 e. The molecule has 1 aliphatic heterocycles. The highest BCUT2D eigenvalue weighted by Gasteiger charge is 2.34. The lowest BCUT2D eigenvalue weighted by Gasteiger charge is -2.38. The molecule has 0 radical (unpaired) electrons. The van der Waals surface area contributed by atoms with Gasteiger partial charge in [-0.3, -0.25) is 4.79 Å². The predicted molar refractivity (Wildman–Crippen MR) is 155 cm³/mol. The average Bonchev–Trinajstić information content (AvgIpc) is 3.35. The van der Waals surface area contributed by atoms with E-state index in [9.17, 15) is 4.79 Å². The molecular formula is C31H54N2O2. The zero-order valence-electron chi connectivity index (χ0n) is 24.1. The number of hydrogen-bond acceptors (Lipinski definition) is 3. The fourth-order valence-electron chi connectivity index (χ4n) is 4.19. The minimum absolute atomic E-state index is 0.159. The SMILES string of the molecule is C=C.C=C.C=C(C)C.CCC.CCN(C(=O)c1ccc2c(c1)[C@@H](NC)CC(C)(C)O2)C1CCCC1. The fraction of sp³-hybridized carbons (Fsp3) is 0.581. The van der Waals surface area contributed by atoms with Gasteiger partial charge in [0.25, 0.3) is 5.91 Å². The predicted octanol–water partition coefficient (Wildman–Crippen LogP) is 8.52. The Bertz CT molecular complexity index is 729. The molecule has 1 N–H and O–H groups in total. The third kappa shape index (κ3) is 12.3. The third-order valence-corrected chi connectivity index (χ3v) is 5.43. The van der Waals surface area contributed by atoms with Gasteiger partial charge in [-0.1, -0.05) is 38.7 Å². The van der Waals surface area contributed by atoms with Crippen LogP contribution in [-0.4, -0.2) is 36.0 Å². The van der Waals surface area contributed by atoms with Gasteiger partial charge in [0.15, 0.2) is 0 Å². The summed E-state index contributed by atoms with van der Waals surface area (Å²) in [7, 11) is 1.97. The van der Waals surface area contributed by atoms with Crippen LogP contribution in [0.1, 0.15) is 109 Å². The molecule has 200 valence electrons. The van der Waals surface area contributed by atoms with E-state index >= 15 is 0 Å². The van der Waals surface area contributed by atoms with Gasteiger partial charge in [-0.25, -0.2) is 0 Å². The van der Waals surface area contributed by atoms with Gasteiger partial charge in [-0.2, -0.15) is 0 Å². The average molecular weight is 487 g/mol. The Morgan fingerprint density at radius 2 is 1.57 bits per heavy atom. The van der Waals surface area contributed by atoms with Crippen molar-refractivity contribution in [1.29, 1.82) is 0 Å². The van der Waals surface area contributed by atoms with Crippen molar-refractivity contribution < 1.29 is 9.53 Å². The molecule has 35 heavy (non-hydrogen) atoms. The summed E-state index contributed by atoms with van der Waals surface area (Å²) in [5, 5.41) is 3.38. The molecule has 2 aliphatic rings. The normalized spacial score (nSPS) is 17.1. The molecule has 1 atom stereocenters. The van der Waals surface area contributed by atoms with Gasteiger partial charge in [0.05, 0.1) is 0 Å². The number of allylic oxidation sites excluding steroid dienone is 1. The van der Waals surface area contributed by atoms with Crippen LogP contribution < -0.4 is 10.1 Å². The summed E-state index contributed by atoms with van der Waals surface area (Å²) in [4.78, 5) is 15.1. The van der Waals surface area contributed by atoms with E-state index in [1.54, 1.807) is 0 Å². The number of carbonyl (C=O) groups is 1. The Hall–Kier alpha value is -2.33. The van der Waals surface area contributed by atoms with Crippen LogP contribution in [0.25, 0.3) is 0 Å². The Kier molecular flexibility index (Phi) is 18.8. The first-order chi connectivity index (χ1) is 16.6. The number of carbonyl (C=O) groups excluding carboxylic acids is 1. The first-order valence-corrected chi connectivity index (χ1v) is 13.0. The lowest BCUT2D eigenvalue weighted by atomic mass is 9.89. The first kappa shape index (κ1) is 34.8. The Morgan fingerprint density at radius 1 is 1.09 bits per heavy atom. The van der Waals surface area contributed by atoms with Gasteiger partial charge in [-0.05, 0) is 72.7 Å². The largest absolute Gasteiger partial charge is 0.487 e. The van der Waals surface area contributed by atoms with Crippen molar-refractivity contribution in [1.82, 2.24) is 10.2 Å². The maximum absolute atomic E-state index is 13.0. The van der Waals surface area contributed by atoms with Crippen LogP contribution >= 0.6 is 0 Å². The molecule has 1 aromatic carbocycles. The van der Waals surface area contributed by atoms with E-state index in [1.165, 1.54) is 24.8 Å². The van der Waals surface area contributed by atoms with Crippen molar-refractivity contribution >= 4 is 5.91 Å². The summed E-state index contributed by atoms with van der Waals surface area (Å²) in [5.74, 6) is 1.05. The summed E-state index contributed by atoms with van der Waals surface area (Å²) in [5.41, 5.74) is 2.86. The molecule has 1 saturated carbocycles. The molecule has 0 saturated heterocycles. The smallest absolute Gasteiger partial charge is 0.254 e. The van der Waals surface area contributed by atoms with E-state index in [1.807, 2.05) is 39.1 Å². The van der Waals surface area contributed by atoms with Crippen LogP contribution in [0.4, 0.5) is 0 Å². The van der Waals surface area contributed by atoms with E-state index in [2.05, 4.69) is 77.7 Å². The molecule has 3 rings (SSSR count). The second kappa shape index (κ2) is 18.9. The Labute approximate surface area is 217 Å². The summed E-state index contributed by atoms with van der Waals surface area (Å²) in [6, 6.07) is 6.56. The lowest BCUT2D eigenvalue weighted by Crippen LogP contribution is -2.40. The van der Waals surface area contributed by atoms with E-state index in [0.717, 1.165) is 42.7 Å². The first-order valence-electron chi connectivity index (χ1n) is 13.0. The van der Waals surface area contributed by atoms with E-state index in [-0.39, 0.29) is 17.6 Å². The van der Waals surface area contributed by atoms with Crippen LogP contribution in [0.2, 0.25) is 0 Å². The minimum atomic E-state index is -0.189. The number of fused-ring (bicyclic) bond motifs is 1. The molecule has 4 nitrogen and oxygen atoms in total. The highest BCUT2D eigenvalue weighted by Crippen LogP contribution is 2.40. The Balaban J connectivity index is 0. The number of hydrogen-bond donors (Lipinski definition) is 1. The highest BCUT2D eigenvalue weighted by atomic mass is 16.5. The molecule has 1 aliphatic carbocycles. The van der Waals surface area contributed by atoms with Crippen molar-refractivity contribution in [2.75, 3.05) is 13.6 Å². The molecule has 0 spiro atoms. The van der Waals surface area contributed by atoms with Crippen LogP contribution in [-0.2, 0) is 0 Å². The van der Waals surface area contributed by atoms with Crippen LogP contribution in [0, 0.1) is 0 Å². The van der Waals surface area contributed by atoms with Crippen LogP contribution in [0.15, 0.2) is 56.7 Å². The van der Waals surface area contributed by atoms with Gasteiger partial charge in [-0.15, -0.1) is 32.9 Å². The lowest BCUT2D eigenvalue weighted by molar-refractivity contribution is 0.0664. The third-order valence-electron chi connectivity index (χ3n) is 5.43. The van der Waals surface area contributed by atoms with E-state index in [0.29, 0.717) is 6.04 Å². The van der Waals surface area contributed by atoms with Crippen LogP contribution in [0.3, 0.4) is 0 Å². The quantitative estimate of drug-likeness (QED) is 0.434. The molecule has 1 heterocycles. The van der Waals surface area contributed by atoms with E-state index < -0.39 is 0 Å². The van der Waals surface area contributed by atoms with Crippen molar-refractivity contribution in [2.45, 2.75) is 105 Å². The molecule has 0 unspecified atom stereocenters. The maximum atomic E-state index is 13.0. The molecule has 0 bridgehead atoms. The maximum Gasteiger partial charge on any atom is 0.254 e. The number of rotatable bonds is 4. The highest BCUT2D eigenvalue weighted by molar-refractivity contribution is 5.95. The molecule has 1 aromatic rings. The van der Waals surface area contributed by atoms with Crippen LogP contribution in [0.5, 0.6) is 5.75 Å². The molecule has 0 aromatic heterocycles. The van der Waals surface area contributed by atoms with Crippen molar-refractivity contribution in [3.63, 3.8) is 0 Å². The summed E-state index contributed by atoms with van der Waals surface area (Å²) in [6.07, 6.45) is 6.91. The molecule has 4 heteroatoms. The molecule has 1 amide bonds. The van der Waals surface area contributed by atoms with Crippen molar-refractivity contribution in [3.8, 4) is 5.75 Å². The van der Waals surface area contributed by atoms with Gasteiger partial charge < -0.3 is 15.0 Å². The number of amides is 1. The van der Waals surface area contributed by atoms with Gasteiger partial charge in [0.1, 0.15) is 11.4 Å². The van der Waals surface area contributed by atoms with E-state index in [4.69, 9.17) is 4.74 Å². The zero-order valence-corrected chi connectivity index (χ0v) is 24.1. The summed E-state index contributed by atoms with van der Waals surface area (Å²) < 4.78 is 6.11. The number of benzene rings is 1. The Morgan fingerprint density at radius 3 is 2.00 bits per heavy atom. The monoisotopic (exact) mass is 486 g/mol. The second-order valence-corrected chi connectivity index (χ2v) is 9.60. The van der Waals surface area contributed by atoms with Gasteiger partial charge in [0.2, 0.25) is 0 Å². The number of ether oxygens (including phenoxy) is 1. The zero-order chi connectivity index (χ0) is 27.6. The second-order valence-electron chi connectivity index (χ2n) is 9.60. The summed E-state index contributed by atoms with van der Waals surface area (Å²) >= 11 is 0.